The monoisotopic (exact) mass is 324 g/mol. The van der Waals surface area contributed by atoms with Gasteiger partial charge in [-0.3, -0.25) is 14.2 Å². The molecule has 1 aromatic carbocycles. The first kappa shape index (κ1) is 13.7. The van der Waals surface area contributed by atoms with E-state index in [1.54, 1.807) is 19.1 Å². The molecule has 0 saturated carbocycles. The van der Waals surface area contributed by atoms with E-state index in [4.69, 9.17) is 0 Å². The van der Waals surface area contributed by atoms with Crippen molar-refractivity contribution in [2.24, 2.45) is 0 Å². The van der Waals surface area contributed by atoms with Crippen LogP contribution in [0.2, 0.25) is 0 Å². The van der Waals surface area contributed by atoms with Crippen LogP contribution in [0, 0.1) is 0 Å². The summed E-state index contributed by atoms with van der Waals surface area (Å²) in [4.78, 5) is 27.8. The molecule has 0 amide bonds. The van der Waals surface area contributed by atoms with E-state index in [1.165, 1.54) is 18.0 Å². The summed E-state index contributed by atoms with van der Waals surface area (Å²) in [5, 5.41) is 0.522. The van der Waals surface area contributed by atoms with Gasteiger partial charge in [-0.25, -0.2) is 4.98 Å². The summed E-state index contributed by atoms with van der Waals surface area (Å²) in [6.45, 7) is 1.78. The van der Waals surface area contributed by atoms with Crippen molar-refractivity contribution in [1.29, 1.82) is 0 Å². The zero-order valence-electron chi connectivity index (χ0n) is 10.6. The Balaban J connectivity index is 2.47. The molecule has 0 N–H and O–H groups in total. The fourth-order valence-electron chi connectivity index (χ4n) is 1.84. The fourth-order valence-corrected chi connectivity index (χ4v) is 2.21. The van der Waals surface area contributed by atoms with E-state index in [0.29, 0.717) is 10.9 Å². The third-order valence-electron chi connectivity index (χ3n) is 2.91. The van der Waals surface area contributed by atoms with Gasteiger partial charge in [-0.1, -0.05) is 15.9 Å². The Morgan fingerprint density at radius 2 is 2.26 bits per heavy atom. The van der Waals surface area contributed by atoms with E-state index in [-0.39, 0.29) is 24.0 Å². The van der Waals surface area contributed by atoms with Crippen LogP contribution in [0.5, 0.6) is 0 Å². The van der Waals surface area contributed by atoms with Crippen LogP contribution in [-0.4, -0.2) is 22.6 Å². The first-order valence-corrected chi connectivity index (χ1v) is 6.55. The lowest BCUT2D eigenvalue weighted by atomic mass is 10.2. The molecule has 0 aliphatic carbocycles. The van der Waals surface area contributed by atoms with E-state index >= 15 is 0 Å². The molecule has 5 nitrogen and oxygen atoms in total. The third kappa shape index (κ3) is 2.84. The van der Waals surface area contributed by atoms with Crippen molar-refractivity contribution in [2.75, 3.05) is 7.11 Å². The topological polar surface area (TPSA) is 61.2 Å². The molecule has 0 fully saturated rings. The highest BCUT2D eigenvalue weighted by Crippen LogP contribution is 2.16. The highest BCUT2D eigenvalue weighted by molar-refractivity contribution is 9.10. The summed E-state index contributed by atoms with van der Waals surface area (Å²) in [5.74, 6) is -0.353. The maximum atomic E-state index is 12.3. The van der Waals surface area contributed by atoms with Gasteiger partial charge in [-0.05, 0) is 25.1 Å². The van der Waals surface area contributed by atoms with E-state index in [2.05, 4.69) is 25.7 Å². The van der Waals surface area contributed by atoms with Crippen LogP contribution in [0.4, 0.5) is 0 Å². The molecular formula is C13H13BrN2O3. The average Bonchev–Trinajstić information content (AvgIpc) is 2.39. The first-order chi connectivity index (χ1) is 9.02. The smallest absolute Gasteiger partial charge is 0.307 e. The van der Waals surface area contributed by atoms with Crippen molar-refractivity contribution >= 4 is 32.8 Å². The molecule has 0 spiro atoms. The number of nitrogens with zero attached hydrogens (tertiary/aromatic N) is 2. The maximum Gasteiger partial charge on any atom is 0.307 e. The summed E-state index contributed by atoms with van der Waals surface area (Å²) in [6, 6.07) is 5.04. The minimum Gasteiger partial charge on any atom is -0.469 e. The van der Waals surface area contributed by atoms with Crippen LogP contribution in [0.3, 0.4) is 0 Å². The summed E-state index contributed by atoms with van der Waals surface area (Å²) >= 11 is 3.33. The van der Waals surface area contributed by atoms with Crippen molar-refractivity contribution in [3.63, 3.8) is 0 Å². The van der Waals surface area contributed by atoms with Gasteiger partial charge in [0.2, 0.25) is 0 Å². The van der Waals surface area contributed by atoms with Crippen molar-refractivity contribution in [2.45, 2.75) is 19.4 Å². The van der Waals surface area contributed by atoms with Gasteiger partial charge in [0.05, 0.1) is 30.8 Å². The molecule has 100 valence electrons. The molecule has 2 aromatic rings. The number of benzene rings is 1. The van der Waals surface area contributed by atoms with Gasteiger partial charge in [-0.2, -0.15) is 0 Å². The Morgan fingerprint density at radius 3 is 2.95 bits per heavy atom. The van der Waals surface area contributed by atoms with Gasteiger partial charge in [-0.15, -0.1) is 0 Å². The number of aromatic nitrogens is 2. The number of ether oxygens (including phenoxy) is 1. The van der Waals surface area contributed by atoms with Crippen LogP contribution >= 0.6 is 15.9 Å². The predicted molar refractivity (Wildman–Crippen MR) is 75.0 cm³/mol. The molecule has 2 rings (SSSR count). The molecule has 1 atom stereocenters. The lowest BCUT2D eigenvalue weighted by molar-refractivity contribution is -0.141. The number of carbonyl (C=O) groups is 1. The predicted octanol–water partition coefficient (Wildman–Crippen LogP) is 2.28. The van der Waals surface area contributed by atoms with Gasteiger partial charge in [0.1, 0.15) is 0 Å². The van der Waals surface area contributed by atoms with E-state index in [0.717, 1.165) is 4.47 Å². The highest BCUT2D eigenvalue weighted by atomic mass is 79.9. The Hall–Kier alpha value is -1.69. The number of methoxy groups -OCH3 is 1. The molecule has 0 saturated heterocycles. The van der Waals surface area contributed by atoms with Gasteiger partial charge in [0.25, 0.3) is 5.56 Å². The van der Waals surface area contributed by atoms with Gasteiger partial charge < -0.3 is 4.74 Å². The summed E-state index contributed by atoms with van der Waals surface area (Å²) in [7, 11) is 1.33. The number of halogens is 1. The molecule has 6 heteroatoms. The lowest BCUT2D eigenvalue weighted by Crippen LogP contribution is -2.25. The summed E-state index contributed by atoms with van der Waals surface area (Å²) in [5.41, 5.74) is 0.470. The normalized spacial score (nSPS) is 12.4. The number of carbonyl (C=O) groups excluding carboxylic acids is 1. The zero-order valence-corrected chi connectivity index (χ0v) is 12.2. The molecule has 0 aliphatic heterocycles. The van der Waals surface area contributed by atoms with Crippen molar-refractivity contribution in [3.05, 3.63) is 39.4 Å². The van der Waals surface area contributed by atoms with Crippen LogP contribution in [0.25, 0.3) is 10.9 Å². The van der Waals surface area contributed by atoms with Crippen molar-refractivity contribution in [1.82, 2.24) is 9.55 Å². The molecule has 0 aliphatic rings. The van der Waals surface area contributed by atoms with E-state index in [1.807, 2.05) is 6.07 Å². The number of fused-ring (bicyclic) bond motifs is 1. The zero-order chi connectivity index (χ0) is 14.0. The van der Waals surface area contributed by atoms with Gasteiger partial charge in [0.15, 0.2) is 0 Å². The molecule has 1 heterocycles. The first-order valence-electron chi connectivity index (χ1n) is 5.76. The third-order valence-corrected chi connectivity index (χ3v) is 3.40. The SMILES string of the molecule is COC(=O)CC(C)n1cnc2ccc(Br)cc2c1=O. The number of rotatable bonds is 3. The molecule has 0 bridgehead atoms. The van der Waals surface area contributed by atoms with Gasteiger partial charge in [0, 0.05) is 10.5 Å². The average molecular weight is 325 g/mol. The van der Waals surface area contributed by atoms with Gasteiger partial charge >= 0.3 is 5.97 Å². The van der Waals surface area contributed by atoms with Crippen molar-refractivity contribution in [3.8, 4) is 0 Å². The Morgan fingerprint density at radius 1 is 1.53 bits per heavy atom. The largest absolute Gasteiger partial charge is 0.469 e. The quantitative estimate of drug-likeness (QED) is 0.813. The molecule has 19 heavy (non-hydrogen) atoms. The summed E-state index contributed by atoms with van der Waals surface area (Å²) in [6.07, 6.45) is 1.60. The lowest BCUT2D eigenvalue weighted by Gasteiger charge is -2.13. The standard InChI is InChI=1S/C13H13BrN2O3/c1-8(5-12(17)19-2)16-7-15-11-4-3-9(14)6-10(11)13(16)18/h3-4,6-8H,5H2,1-2H3. The maximum absolute atomic E-state index is 12.3. The minimum atomic E-state index is -0.353. The molecule has 1 unspecified atom stereocenters. The Kier molecular flexibility index (Phi) is 3.99. The number of hydrogen-bond donors (Lipinski definition) is 0. The van der Waals surface area contributed by atoms with E-state index in [9.17, 15) is 9.59 Å². The van der Waals surface area contributed by atoms with Crippen LogP contribution in [0.1, 0.15) is 19.4 Å². The van der Waals surface area contributed by atoms with Crippen LogP contribution < -0.4 is 5.56 Å². The summed E-state index contributed by atoms with van der Waals surface area (Å²) < 4.78 is 6.87. The Labute approximate surface area is 118 Å². The highest BCUT2D eigenvalue weighted by Gasteiger charge is 2.14. The fraction of sp³-hybridized carbons (Fsp3) is 0.308. The Bertz CT molecular complexity index is 681. The second kappa shape index (κ2) is 5.52. The van der Waals surface area contributed by atoms with E-state index < -0.39 is 0 Å². The second-order valence-corrected chi connectivity index (χ2v) is 5.16. The van der Waals surface area contributed by atoms with Crippen LogP contribution in [-0.2, 0) is 9.53 Å². The second-order valence-electron chi connectivity index (χ2n) is 4.25. The molecular weight excluding hydrogens is 312 g/mol. The number of hydrogen-bond acceptors (Lipinski definition) is 4. The number of esters is 1. The molecule has 0 radical (unpaired) electrons. The minimum absolute atomic E-state index is 0.137. The van der Waals surface area contributed by atoms with Crippen molar-refractivity contribution < 1.29 is 9.53 Å². The van der Waals surface area contributed by atoms with Crippen LogP contribution in [0.15, 0.2) is 33.8 Å². The molecule has 1 aromatic heterocycles.